The molecule has 1 aliphatic rings. The molecule has 0 fully saturated rings. The van der Waals surface area contributed by atoms with Crippen molar-refractivity contribution in [2.24, 2.45) is 5.10 Å². The molecule has 0 radical (unpaired) electrons. The predicted molar refractivity (Wildman–Crippen MR) is 96.0 cm³/mol. The Morgan fingerprint density at radius 2 is 2.08 bits per heavy atom. The van der Waals surface area contributed by atoms with Crippen molar-refractivity contribution in [3.05, 3.63) is 70.9 Å². The molecule has 1 atom stereocenters. The van der Waals surface area contributed by atoms with Crippen molar-refractivity contribution in [3.63, 3.8) is 0 Å². The summed E-state index contributed by atoms with van der Waals surface area (Å²) in [6, 6.07) is 5.66. The number of carbonyl (C=O) groups is 1. The van der Waals surface area contributed by atoms with Gasteiger partial charge in [-0.05, 0) is 42.5 Å². The van der Waals surface area contributed by atoms with E-state index in [1.165, 1.54) is 38.5 Å². The molecule has 1 aromatic rings. The second-order valence-electron chi connectivity index (χ2n) is 4.93. The van der Waals surface area contributed by atoms with E-state index in [2.05, 4.69) is 21.1 Å². The summed E-state index contributed by atoms with van der Waals surface area (Å²) in [6.07, 6.45) is 5.28. The van der Waals surface area contributed by atoms with Crippen LogP contribution in [0.15, 0.2) is 70.2 Å². The van der Waals surface area contributed by atoms with E-state index in [0.29, 0.717) is 16.3 Å². The zero-order valence-corrected chi connectivity index (χ0v) is 14.8. The van der Waals surface area contributed by atoms with Crippen LogP contribution in [0.25, 0.3) is 0 Å². The van der Waals surface area contributed by atoms with Crippen LogP contribution in [0.3, 0.4) is 0 Å². The summed E-state index contributed by atoms with van der Waals surface area (Å²) < 4.78 is 28.0. The molecular weight excluding hydrogens is 363 g/mol. The highest BCUT2D eigenvalue weighted by molar-refractivity contribution is 6.31. The fourth-order valence-electron chi connectivity index (χ4n) is 1.91. The van der Waals surface area contributed by atoms with Crippen LogP contribution in [0.1, 0.15) is 0 Å². The van der Waals surface area contributed by atoms with Gasteiger partial charge in [-0.25, -0.2) is 9.18 Å². The minimum atomic E-state index is -0.693. The third-order valence-corrected chi connectivity index (χ3v) is 3.34. The molecule has 1 unspecified atom stereocenters. The van der Waals surface area contributed by atoms with Gasteiger partial charge in [-0.1, -0.05) is 11.6 Å². The van der Waals surface area contributed by atoms with Gasteiger partial charge in [0.05, 0.1) is 25.5 Å². The molecule has 0 amide bonds. The molecule has 136 valence electrons. The molecule has 26 heavy (non-hydrogen) atoms. The number of esters is 1. The van der Waals surface area contributed by atoms with Crippen LogP contribution in [0, 0.1) is 5.82 Å². The number of rotatable bonds is 6. The number of ether oxygens (including phenoxy) is 3. The number of hydrazone groups is 1. The monoisotopic (exact) mass is 378 g/mol. The molecule has 0 aromatic heterocycles. The number of halogens is 2. The lowest BCUT2D eigenvalue weighted by Crippen LogP contribution is -2.19. The fraction of sp³-hybridized carbons (Fsp3) is 0.167. The van der Waals surface area contributed by atoms with E-state index in [1.54, 1.807) is 18.2 Å². The van der Waals surface area contributed by atoms with Gasteiger partial charge in [-0.15, -0.1) is 5.10 Å². The van der Waals surface area contributed by atoms with Crippen molar-refractivity contribution in [2.45, 2.75) is 6.10 Å². The number of carbonyl (C=O) groups excluding carboxylic acids is 1. The van der Waals surface area contributed by atoms with Crippen molar-refractivity contribution in [1.29, 1.82) is 0 Å². The number of hydrogen-bond donors (Lipinski definition) is 1. The second-order valence-corrected chi connectivity index (χ2v) is 5.37. The molecule has 2 rings (SSSR count). The van der Waals surface area contributed by atoms with Crippen LogP contribution in [0.2, 0.25) is 0 Å². The highest BCUT2D eigenvalue weighted by Gasteiger charge is 2.21. The van der Waals surface area contributed by atoms with E-state index >= 15 is 0 Å². The molecule has 0 saturated heterocycles. The Labute approximate surface area is 154 Å². The molecule has 6 nitrogen and oxygen atoms in total. The van der Waals surface area contributed by atoms with E-state index in [9.17, 15) is 9.18 Å². The third kappa shape index (κ3) is 5.51. The highest BCUT2D eigenvalue weighted by Crippen LogP contribution is 2.22. The minimum absolute atomic E-state index is 0.123. The molecule has 1 aromatic carbocycles. The Morgan fingerprint density at radius 1 is 1.35 bits per heavy atom. The molecule has 0 spiro atoms. The molecule has 8 heteroatoms. The SMILES string of the molecule is CO/C=C(/OC1C=CC(Cl)=CC1=C=NNc1ccc(F)cc1)C(=O)OC. The maximum atomic E-state index is 12.9. The number of nitrogens with zero attached hydrogens (tertiary/aromatic N) is 1. The number of anilines is 1. The van der Waals surface area contributed by atoms with Crippen LogP contribution in [0.4, 0.5) is 10.1 Å². The van der Waals surface area contributed by atoms with Crippen LogP contribution >= 0.6 is 11.6 Å². The first-order chi connectivity index (χ1) is 12.5. The Balaban J connectivity index is 2.20. The smallest absolute Gasteiger partial charge is 0.376 e. The van der Waals surface area contributed by atoms with Gasteiger partial charge in [-0.3, -0.25) is 5.43 Å². The van der Waals surface area contributed by atoms with Crippen LogP contribution in [-0.4, -0.2) is 32.2 Å². The summed E-state index contributed by atoms with van der Waals surface area (Å²) in [5.41, 5.74) is 3.74. The Morgan fingerprint density at radius 3 is 2.73 bits per heavy atom. The average molecular weight is 379 g/mol. The molecule has 1 aliphatic carbocycles. The minimum Gasteiger partial charge on any atom is -0.500 e. The first kappa shape index (κ1) is 19.3. The van der Waals surface area contributed by atoms with Gasteiger partial charge in [0, 0.05) is 10.9 Å². The number of hydrogen-bond acceptors (Lipinski definition) is 6. The molecule has 0 heterocycles. The predicted octanol–water partition coefficient (Wildman–Crippen LogP) is 3.49. The third-order valence-electron chi connectivity index (χ3n) is 3.11. The molecular formula is C18H16ClFN2O4. The summed E-state index contributed by atoms with van der Waals surface area (Å²) in [5.74, 6) is 1.58. The summed E-state index contributed by atoms with van der Waals surface area (Å²) in [7, 11) is 2.61. The van der Waals surface area contributed by atoms with Gasteiger partial charge in [-0.2, -0.15) is 0 Å². The van der Waals surface area contributed by atoms with Gasteiger partial charge >= 0.3 is 5.97 Å². The zero-order valence-electron chi connectivity index (χ0n) is 14.0. The maximum Gasteiger partial charge on any atom is 0.376 e. The van der Waals surface area contributed by atoms with E-state index in [4.69, 9.17) is 21.1 Å². The summed E-state index contributed by atoms with van der Waals surface area (Å²) in [6.45, 7) is 0. The van der Waals surface area contributed by atoms with Gasteiger partial charge in [0.2, 0.25) is 5.76 Å². The second kappa shape index (κ2) is 9.46. The topological polar surface area (TPSA) is 69.2 Å². The van der Waals surface area contributed by atoms with Crippen molar-refractivity contribution >= 4 is 29.1 Å². The lowest BCUT2D eigenvalue weighted by molar-refractivity contribution is -0.140. The lowest BCUT2D eigenvalue weighted by Gasteiger charge is -2.18. The van der Waals surface area contributed by atoms with Crippen molar-refractivity contribution in [2.75, 3.05) is 19.6 Å². The zero-order chi connectivity index (χ0) is 18.9. The van der Waals surface area contributed by atoms with Crippen molar-refractivity contribution in [1.82, 2.24) is 0 Å². The largest absolute Gasteiger partial charge is 0.500 e. The molecule has 0 bridgehead atoms. The Bertz CT molecular complexity index is 809. The van der Waals surface area contributed by atoms with Crippen molar-refractivity contribution in [3.8, 4) is 0 Å². The van der Waals surface area contributed by atoms with Crippen molar-refractivity contribution < 1.29 is 23.4 Å². The summed E-state index contributed by atoms with van der Waals surface area (Å²) >= 11 is 6.00. The molecule has 0 saturated carbocycles. The Kier molecular flexibility index (Phi) is 7.02. The fourth-order valence-corrected chi connectivity index (χ4v) is 2.10. The normalized spacial score (nSPS) is 16.3. The lowest BCUT2D eigenvalue weighted by atomic mass is 10.1. The standard InChI is InChI=1S/C18H16ClFN2O4/c1-24-11-17(18(23)25-2)26-16-8-3-13(19)9-12(16)10-21-22-15-6-4-14(20)5-7-15/h3-9,11,16,22H,1-2H3/b17-11+. The van der Waals surface area contributed by atoms with Crippen LogP contribution in [0.5, 0.6) is 0 Å². The summed E-state index contributed by atoms with van der Waals surface area (Å²) in [4.78, 5) is 11.7. The first-order valence-corrected chi connectivity index (χ1v) is 7.78. The van der Waals surface area contributed by atoms with Gasteiger partial charge in [0.1, 0.15) is 12.1 Å². The first-order valence-electron chi connectivity index (χ1n) is 7.41. The van der Waals surface area contributed by atoms with Gasteiger partial charge in [0.15, 0.2) is 6.10 Å². The number of methoxy groups -OCH3 is 2. The van der Waals surface area contributed by atoms with E-state index in [-0.39, 0.29) is 11.6 Å². The maximum absolute atomic E-state index is 12.9. The highest BCUT2D eigenvalue weighted by atomic mass is 35.5. The van der Waals surface area contributed by atoms with E-state index in [1.807, 2.05) is 0 Å². The van der Waals surface area contributed by atoms with Gasteiger partial charge in [0.25, 0.3) is 0 Å². The molecule has 0 aliphatic heterocycles. The quantitative estimate of drug-likeness (QED) is 0.270. The number of allylic oxidation sites excluding steroid dienone is 2. The van der Waals surface area contributed by atoms with E-state index < -0.39 is 12.1 Å². The van der Waals surface area contributed by atoms with Crippen LogP contribution < -0.4 is 5.43 Å². The number of benzene rings is 1. The van der Waals surface area contributed by atoms with E-state index in [0.717, 1.165) is 6.26 Å². The summed E-state index contributed by atoms with van der Waals surface area (Å²) in [5, 5.41) is 4.40. The van der Waals surface area contributed by atoms with Crippen LogP contribution in [-0.2, 0) is 19.0 Å². The van der Waals surface area contributed by atoms with Gasteiger partial charge < -0.3 is 14.2 Å². The average Bonchev–Trinajstić information content (AvgIpc) is 2.64. The molecule has 1 N–H and O–H groups in total. The number of nitrogens with one attached hydrogen (secondary N) is 1. The Hall–Kier alpha value is -3.02.